The second-order valence-electron chi connectivity index (χ2n) is 4.96. The molecule has 1 heterocycles. The molecule has 1 aromatic heterocycles. The number of carboxylic acids is 1. The van der Waals surface area contributed by atoms with Gasteiger partial charge < -0.3 is 14.4 Å². The summed E-state index contributed by atoms with van der Waals surface area (Å²) in [5.41, 5.74) is 3.07. The Labute approximate surface area is 128 Å². The summed E-state index contributed by atoms with van der Waals surface area (Å²) in [6.07, 6.45) is 0.897. The summed E-state index contributed by atoms with van der Waals surface area (Å²) in [7, 11) is 1.68. The van der Waals surface area contributed by atoms with Crippen molar-refractivity contribution >= 4 is 28.8 Å². The number of ether oxygens (including phenoxy) is 1. The van der Waals surface area contributed by atoms with Crippen LogP contribution in [-0.2, 0) is 9.53 Å². The lowest BCUT2D eigenvalue weighted by Crippen LogP contribution is -2.15. The maximum Gasteiger partial charge on any atom is 0.313 e. The minimum atomic E-state index is -0.838. The van der Waals surface area contributed by atoms with Gasteiger partial charge in [-0.05, 0) is 31.0 Å². The standard InChI is InChI=1S/C15H20N2O3S/c1-4-11(8-20-3)17-13-6-5-10(2)7-12(13)16-15(17)21-9-14(18)19/h5-7,11H,4,8-9H2,1-3H3,(H,18,19). The molecule has 0 aliphatic rings. The molecule has 6 heteroatoms. The van der Waals surface area contributed by atoms with E-state index in [0.717, 1.165) is 28.2 Å². The quantitative estimate of drug-likeness (QED) is 0.796. The van der Waals surface area contributed by atoms with Crippen LogP contribution in [0.4, 0.5) is 0 Å². The van der Waals surface area contributed by atoms with Crippen molar-refractivity contribution < 1.29 is 14.6 Å². The molecule has 0 spiro atoms. The van der Waals surface area contributed by atoms with E-state index in [4.69, 9.17) is 9.84 Å². The first kappa shape index (κ1) is 15.9. The van der Waals surface area contributed by atoms with Crippen molar-refractivity contribution in [2.75, 3.05) is 19.5 Å². The van der Waals surface area contributed by atoms with Gasteiger partial charge in [0, 0.05) is 7.11 Å². The van der Waals surface area contributed by atoms with E-state index in [-0.39, 0.29) is 11.8 Å². The molecule has 0 amide bonds. The number of aliphatic carboxylic acids is 1. The van der Waals surface area contributed by atoms with Crippen LogP contribution in [0.1, 0.15) is 24.9 Å². The second-order valence-corrected chi connectivity index (χ2v) is 5.90. The number of carbonyl (C=O) groups is 1. The largest absolute Gasteiger partial charge is 0.481 e. The fraction of sp³-hybridized carbons (Fsp3) is 0.467. The molecular weight excluding hydrogens is 288 g/mol. The first-order chi connectivity index (χ1) is 10.1. The van der Waals surface area contributed by atoms with Crippen LogP contribution in [0, 0.1) is 6.92 Å². The average molecular weight is 308 g/mol. The summed E-state index contributed by atoms with van der Waals surface area (Å²) in [6, 6.07) is 6.27. The number of hydrogen-bond acceptors (Lipinski definition) is 4. The Morgan fingerprint density at radius 2 is 2.29 bits per heavy atom. The van der Waals surface area contributed by atoms with Gasteiger partial charge >= 0.3 is 5.97 Å². The highest BCUT2D eigenvalue weighted by Gasteiger charge is 2.19. The topological polar surface area (TPSA) is 64.3 Å². The molecule has 0 aliphatic heterocycles. The number of benzene rings is 1. The van der Waals surface area contributed by atoms with E-state index in [9.17, 15) is 4.79 Å². The van der Waals surface area contributed by atoms with Crippen LogP contribution < -0.4 is 0 Å². The van der Waals surface area contributed by atoms with Gasteiger partial charge in [0.25, 0.3) is 0 Å². The molecule has 1 atom stereocenters. The normalized spacial score (nSPS) is 12.7. The van der Waals surface area contributed by atoms with Gasteiger partial charge in [0.05, 0.1) is 29.4 Å². The fourth-order valence-corrected chi connectivity index (χ4v) is 3.14. The van der Waals surface area contributed by atoms with Gasteiger partial charge in [0.2, 0.25) is 0 Å². The average Bonchev–Trinajstić information content (AvgIpc) is 2.79. The van der Waals surface area contributed by atoms with Crippen molar-refractivity contribution in [1.82, 2.24) is 9.55 Å². The zero-order valence-electron chi connectivity index (χ0n) is 12.5. The number of imidazole rings is 1. The van der Waals surface area contributed by atoms with Crippen molar-refractivity contribution in [2.45, 2.75) is 31.5 Å². The van der Waals surface area contributed by atoms with E-state index < -0.39 is 5.97 Å². The van der Waals surface area contributed by atoms with Crippen LogP contribution in [0.15, 0.2) is 23.4 Å². The lowest BCUT2D eigenvalue weighted by Gasteiger charge is -2.19. The molecular formula is C15H20N2O3S. The lowest BCUT2D eigenvalue weighted by molar-refractivity contribution is -0.133. The number of hydrogen-bond donors (Lipinski definition) is 1. The molecule has 0 saturated heterocycles. The van der Waals surface area contributed by atoms with E-state index in [2.05, 4.69) is 16.5 Å². The zero-order valence-corrected chi connectivity index (χ0v) is 13.3. The van der Waals surface area contributed by atoms with Gasteiger partial charge in [0.15, 0.2) is 5.16 Å². The highest BCUT2D eigenvalue weighted by molar-refractivity contribution is 7.99. The van der Waals surface area contributed by atoms with Crippen molar-refractivity contribution in [3.05, 3.63) is 23.8 Å². The fourth-order valence-electron chi connectivity index (χ4n) is 2.34. The summed E-state index contributed by atoms with van der Waals surface area (Å²) < 4.78 is 7.40. The lowest BCUT2D eigenvalue weighted by atomic mass is 10.2. The number of fused-ring (bicyclic) bond motifs is 1. The smallest absolute Gasteiger partial charge is 0.313 e. The van der Waals surface area contributed by atoms with Gasteiger partial charge in [-0.15, -0.1) is 0 Å². The summed E-state index contributed by atoms with van der Waals surface area (Å²) in [6.45, 7) is 4.70. The Kier molecular flexibility index (Phi) is 5.25. The van der Waals surface area contributed by atoms with E-state index in [1.807, 2.05) is 25.1 Å². The third-order valence-corrected chi connectivity index (χ3v) is 4.27. The molecule has 1 aromatic carbocycles. The van der Waals surface area contributed by atoms with Crippen molar-refractivity contribution in [2.24, 2.45) is 0 Å². The SMILES string of the molecule is CCC(COC)n1c(SCC(=O)O)nc2cc(C)ccc21. The molecule has 21 heavy (non-hydrogen) atoms. The molecule has 0 bridgehead atoms. The van der Waals surface area contributed by atoms with Gasteiger partial charge in [-0.2, -0.15) is 0 Å². The summed E-state index contributed by atoms with van der Waals surface area (Å²) >= 11 is 1.25. The predicted octanol–water partition coefficient (Wildman–Crippen LogP) is 3.12. The number of aryl methyl sites for hydroxylation is 1. The Morgan fingerprint density at radius 1 is 1.52 bits per heavy atom. The molecule has 5 nitrogen and oxygen atoms in total. The maximum atomic E-state index is 10.8. The Hall–Kier alpha value is -1.53. The molecule has 114 valence electrons. The van der Waals surface area contributed by atoms with Crippen LogP contribution >= 0.6 is 11.8 Å². The molecule has 0 radical (unpaired) electrons. The zero-order chi connectivity index (χ0) is 15.4. The van der Waals surface area contributed by atoms with Gasteiger partial charge in [-0.1, -0.05) is 24.8 Å². The molecule has 0 saturated carbocycles. The van der Waals surface area contributed by atoms with E-state index in [1.165, 1.54) is 11.8 Å². The van der Waals surface area contributed by atoms with Crippen molar-refractivity contribution in [1.29, 1.82) is 0 Å². The molecule has 1 N–H and O–H groups in total. The van der Waals surface area contributed by atoms with Crippen LogP contribution in [-0.4, -0.2) is 40.1 Å². The van der Waals surface area contributed by atoms with Crippen LogP contribution in [0.5, 0.6) is 0 Å². The first-order valence-corrected chi connectivity index (χ1v) is 7.87. The van der Waals surface area contributed by atoms with E-state index in [0.29, 0.717) is 6.61 Å². The van der Waals surface area contributed by atoms with Gasteiger partial charge in [-0.3, -0.25) is 4.79 Å². The monoisotopic (exact) mass is 308 g/mol. The number of thioether (sulfide) groups is 1. The number of carboxylic acid groups (broad SMARTS) is 1. The summed E-state index contributed by atoms with van der Waals surface area (Å²) in [5, 5.41) is 9.64. The molecule has 0 aliphatic carbocycles. The summed E-state index contributed by atoms with van der Waals surface area (Å²) in [5.74, 6) is -0.833. The first-order valence-electron chi connectivity index (χ1n) is 6.89. The number of methoxy groups -OCH3 is 1. The van der Waals surface area contributed by atoms with Crippen molar-refractivity contribution in [3.8, 4) is 0 Å². The van der Waals surface area contributed by atoms with Gasteiger partial charge in [0.1, 0.15) is 0 Å². The van der Waals surface area contributed by atoms with Gasteiger partial charge in [-0.25, -0.2) is 4.98 Å². The third-order valence-electron chi connectivity index (χ3n) is 3.33. The third kappa shape index (κ3) is 3.57. The minimum absolute atomic E-state index is 0.00568. The highest BCUT2D eigenvalue weighted by atomic mass is 32.2. The predicted molar refractivity (Wildman–Crippen MR) is 84.0 cm³/mol. The van der Waals surface area contributed by atoms with Crippen LogP contribution in [0.25, 0.3) is 11.0 Å². The minimum Gasteiger partial charge on any atom is -0.481 e. The second kappa shape index (κ2) is 6.95. The van der Waals surface area contributed by atoms with Crippen LogP contribution in [0.3, 0.4) is 0 Å². The molecule has 2 aromatic rings. The molecule has 1 unspecified atom stereocenters. The Bertz CT molecular complexity index is 639. The number of nitrogens with zero attached hydrogens (tertiary/aromatic N) is 2. The van der Waals surface area contributed by atoms with Crippen molar-refractivity contribution in [3.63, 3.8) is 0 Å². The van der Waals surface area contributed by atoms with E-state index >= 15 is 0 Å². The molecule has 0 fully saturated rings. The Morgan fingerprint density at radius 3 is 2.90 bits per heavy atom. The molecule has 2 rings (SSSR count). The summed E-state index contributed by atoms with van der Waals surface area (Å²) in [4.78, 5) is 15.4. The maximum absolute atomic E-state index is 10.8. The number of rotatable bonds is 7. The highest BCUT2D eigenvalue weighted by Crippen LogP contribution is 2.30. The number of aromatic nitrogens is 2. The van der Waals surface area contributed by atoms with Crippen LogP contribution in [0.2, 0.25) is 0 Å². The Balaban J connectivity index is 2.50. The van der Waals surface area contributed by atoms with E-state index in [1.54, 1.807) is 7.11 Å².